The average Bonchev–Trinajstić information content (AvgIpc) is 2.77. The van der Waals surface area contributed by atoms with Crippen LogP contribution in [0.4, 0.5) is 11.4 Å². The number of carbonyl (C=O) groups excluding carboxylic acids is 1. The number of hydrogen-bond donors (Lipinski definition) is 0. The average molecular weight is 496 g/mol. The van der Waals surface area contributed by atoms with Crippen LogP contribution >= 0.6 is 11.6 Å². The number of nitro groups is 1. The van der Waals surface area contributed by atoms with E-state index in [0.29, 0.717) is 24.6 Å². The van der Waals surface area contributed by atoms with Crippen LogP contribution in [0.5, 0.6) is 5.75 Å². The van der Waals surface area contributed by atoms with Crippen molar-refractivity contribution < 1.29 is 22.9 Å². The van der Waals surface area contributed by atoms with Gasteiger partial charge in [0.15, 0.2) is 0 Å². The molecule has 9 nitrogen and oxygen atoms in total. The van der Waals surface area contributed by atoms with E-state index in [0.717, 1.165) is 23.2 Å². The number of anilines is 1. The van der Waals surface area contributed by atoms with Gasteiger partial charge >= 0.3 is 0 Å². The Balaban J connectivity index is 2.10. The number of nitrogens with zero attached hydrogens (tertiary/aromatic N) is 3. The molecule has 0 aliphatic carbocycles. The molecule has 1 atom stereocenters. The topological polar surface area (TPSA) is 110 Å². The predicted molar refractivity (Wildman–Crippen MR) is 125 cm³/mol. The number of sulfonamides is 1. The van der Waals surface area contributed by atoms with Crippen molar-refractivity contribution in [1.29, 1.82) is 0 Å². The summed E-state index contributed by atoms with van der Waals surface area (Å²) in [7, 11) is -3.00. The lowest BCUT2D eigenvalue weighted by Crippen LogP contribution is -2.46. The van der Waals surface area contributed by atoms with E-state index in [4.69, 9.17) is 16.3 Å². The number of nitro benzene ring substituents is 1. The van der Waals surface area contributed by atoms with Gasteiger partial charge in [0.25, 0.3) is 15.7 Å². The van der Waals surface area contributed by atoms with Crippen molar-refractivity contribution in [2.45, 2.75) is 31.6 Å². The molecule has 1 heterocycles. The lowest BCUT2D eigenvalue weighted by molar-refractivity contribution is -0.385. The van der Waals surface area contributed by atoms with Gasteiger partial charge in [0.1, 0.15) is 12.3 Å². The van der Waals surface area contributed by atoms with Gasteiger partial charge in [0, 0.05) is 29.7 Å². The number of likely N-dealkylation sites (tertiary alicyclic amines) is 1. The second-order valence-corrected chi connectivity index (χ2v) is 10.4. The fourth-order valence-corrected chi connectivity index (χ4v) is 5.47. The minimum atomic E-state index is -4.38. The summed E-state index contributed by atoms with van der Waals surface area (Å²) in [6, 6.07) is 8.10. The van der Waals surface area contributed by atoms with Gasteiger partial charge in [-0.05, 0) is 49.9 Å². The molecule has 0 saturated carbocycles. The van der Waals surface area contributed by atoms with Crippen LogP contribution in [0.15, 0.2) is 41.3 Å². The summed E-state index contributed by atoms with van der Waals surface area (Å²) in [5.41, 5.74) is 0.0705. The number of amides is 1. The zero-order valence-corrected chi connectivity index (χ0v) is 20.2. The molecule has 2 aromatic rings. The van der Waals surface area contributed by atoms with E-state index >= 15 is 0 Å². The van der Waals surface area contributed by atoms with Crippen LogP contribution in [0, 0.1) is 23.0 Å². The number of methoxy groups -OCH3 is 1. The Morgan fingerprint density at radius 2 is 2.03 bits per heavy atom. The number of halogens is 1. The molecule has 2 aromatic carbocycles. The van der Waals surface area contributed by atoms with Crippen molar-refractivity contribution in [1.82, 2.24) is 4.90 Å². The molecular weight excluding hydrogens is 470 g/mol. The quantitative estimate of drug-likeness (QED) is 0.424. The maximum absolute atomic E-state index is 13.7. The molecule has 0 spiro atoms. The van der Waals surface area contributed by atoms with Gasteiger partial charge < -0.3 is 9.64 Å². The second kappa shape index (κ2) is 9.96. The zero-order valence-electron chi connectivity index (χ0n) is 18.7. The molecule has 0 radical (unpaired) electrons. The monoisotopic (exact) mass is 495 g/mol. The number of ether oxygens (including phenoxy) is 1. The van der Waals surface area contributed by atoms with E-state index in [1.54, 1.807) is 11.0 Å². The Labute approximate surface area is 198 Å². The number of piperidine rings is 1. The lowest BCUT2D eigenvalue weighted by atomic mass is 10.0. The van der Waals surface area contributed by atoms with Crippen molar-refractivity contribution in [3.63, 3.8) is 0 Å². The van der Waals surface area contributed by atoms with Gasteiger partial charge in [0.2, 0.25) is 5.91 Å². The molecule has 3 rings (SSSR count). The Bertz CT molecular complexity index is 1170. The molecule has 178 valence electrons. The van der Waals surface area contributed by atoms with Crippen LogP contribution < -0.4 is 9.04 Å². The summed E-state index contributed by atoms with van der Waals surface area (Å²) in [6.07, 6.45) is 1.84. The summed E-state index contributed by atoms with van der Waals surface area (Å²) in [5.74, 6) is 0.145. The first-order valence-corrected chi connectivity index (χ1v) is 12.3. The summed E-state index contributed by atoms with van der Waals surface area (Å²) in [6.45, 7) is 4.15. The molecule has 0 aromatic heterocycles. The largest absolute Gasteiger partial charge is 0.495 e. The first kappa shape index (κ1) is 24.8. The van der Waals surface area contributed by atoms with E-state index in [9.17, 15) is 23.3 Å². The number of hydrogen-bond acceptors (Lipinski definition) is 6. The van der Waals surface area contributed by atoms with E-state index in [1.165, 1.54) is 38.3 Å². The fraction of sp³-hybridized carbons (Fsp3) is 0.409. The number of carbonyl (C=O) groups is 1. The highest BCUT2D eigenvalue weighted by atomic mass is 35.5. The van der Waals surface area contributed by atoms with E-state index in [1.807, 2.05) is 6.92 Å². The van der Waals surface area contributed by atoms with Gasteiger partial charge in [-0.2, -0.15) is 0 Å². The van der Waals surface area contributed by atoms with Gasteiger partial charge in [-0.15, -0.1) is 0 Å². The summed E-state index contributed by atoms with van der Waals surface area (Å²) >= 11 is 6.14. The van der Waals surface area contributed by atoms with E-state index in [-0.39, 0.29) is 32.9 Å². The van der Waals surface area contributed by atoms with Crippen LogP contribution in [0.1, 0.15) is 25.3 Å². The molecule has 1 saturated heterocycles. The van der Waals surface area contributed by atoms with Crippen LogP contribution in [0.3, 0.4) is 0 Å². The summed E-state index contributed by atoms with van der Waals surface area (Å²) < 4.78 is 33.7. The smallest absolute Gasteiger partial charge is 0.273 e. The minimum Gasteiger partial charge on any atom is -0.495 e. The normalized spacial score (nSPS) is 16.4. The van der Waals surface area contributed by atoms with Crippen molar-refractivity contribution in [2.75, 3.05) is 31.0 Å². The van der Waals surface area contributed by atoms with Gasteiger partial charge in [-0.25, -0.2) is 8.42 Å². The predicted octanol–water partition coefficient (Wildman–Crippen LogP) is 4.02. The Morgan fingerprint density at radius 1 is 1.30 bits per heavy atom. The lowest BCUT2D eigenvalue weighted by Gasteiger charge is -2.33. The minimum absolute atomic E-state index is 0.0756. The zero-order chi connectivity index (χ0) is 24.3. The molecule has 33 heavy (non-hydrogen) atoms. The van der Waals surface area contributed by atoms with Gasteiger partial charge in [-0.1, -0.05) is 24.6 Å². The molecule has 0 bridgehead atoms. The fourth-order valence-electron chi connectivity index (χ4n) is 3.87. The highest BCUT2D eigenvalue weighted by molar-refractivity contribution is 7.92. The molecule has 11 heteroatoms. The highest BCUT2D eigenvalue weighted by Crippen LogP contribution is 2.36. The molecular formula is C22H26ClN3O6S. The number of benzene rings is 2. The van der Waals surface area contributed by atoms with Crippen LogP contribution in [0.25, 0.3) is 0 Å². The SMILES string of the molecule is COc1ccc(Cl)cc1N(CC(=O)N1CCC[C@H](C)C1)S(=O)(=O)c1ccc(C)c([N+](=O)[O-])c1. The van der Waals surface area contributed by atoms with Crippen molar-refractivity contribution in [3.8, 4) is 5.75 Å². The van der Waals surface area contributed by atoms with Crippen LogP contribution in [-0.4, -0.2) is 50.9 Å². The summed E-state index contributed by atoms with van der Waals surface area (Å²) in [5, 5.41) is 11.6. The van der Waals surface area contributed by atoms with Crippen LogP contribution in [0.2, 0.25) is 5.02 Å². The third-order valence-corrected chi connectivity index (χ3v) is 7.65. The van der Waals surface area contributed by atoms with Crippen molar-refractivity contribution >= 4 is 38.9 Å². The standard InChI is InChI=1S/C22H26ClN3O6S/c1-15-5-4-10-24(13-15)22(27)14-25(20-11-17(23)7-9-21(20)32-3)33(30,31)18-8-6-16(2)19(12-18)26(28)29/h6-9,11-12,15H,4-5,10,13-14H2,1-3H3/t15-/m0/s1. The Kier molecular flexibility index (Phi) is 7.48. The third-order valence-electron chi connectivity index (χ3n) is 5.66. The molecule has 1 aliphatic heterocycles. The maximum Gasteiger partial charge on any atom is 0.273 e. The Hall–Kier alpha value is -2.85. The van der Waals surface area contributed by atoms with Gasteiger partial charge in [-0.3, -0.25) is 19.2 Å². The van der Waals surface area contributed by atoms with E-state index < -0.39 is 21.5 Å². The first-order chi connectivity index (χ1) is 15.5. The summed E-state index contributed by atoms with van der Waals surface area (Å²) in [4.78, 5) is 25.3. The maximum atomic E-state index is 13.7. The van der Waals surface area contributed by atoms with Crippen molar-refractivity contribution in [2.24, 2.45) is 5.92 Å². The number of rotatable bonds is 7. The van der Waals surface area contributed by atoms with Gasteiger partial charge in [0.05, 0.1) is 22.6 Å². The van der Waals surface area contributed by atoms with Crippen LogP contribution in [-0.2, 0) is 14.8 Å². The van der Waals surface area contributed by atoms with E-state index in [2.05, 4.69) is 0 Å². The molecule has 0 N–H and O–H groups in total. The molecule has 1 aliphatic rings. The first-order valence-electron chi connectivity index (χ1n) is 10.4. The molecule has 1 amide bonds. The second-order valence-electron chi connectivity index (χ2n) is 8.12. The highest BCUT2D eigenvalue weighted by Gasteiger charge is 2.33. The number of aryl methyl sites for hydroxylation is 1. The Morgan fingerprint density at radius 3 is 2.67 bits per heavy atom. The third kappa shape index (κ3) is 5.39. The van der Waals surface area contributed by atoms with Crippen molar-refractivity contribution in [3.05, 3.63) is 57.1 Å². The molecule has 1 fully saturated rings. The molecule has 0 unspecified atom stereocenters.